The number of rotatable bonds is 3. The van der Waals surface area contributed by atoms with Gasteiger partial charge in [0.15, 0.2) is 0 Å². The van der Waals surface area contributed by atoms with Crippen molar-refractivity contribution in [3.05, 3.63) is 28.8 Å². The highest BCUT2D eigenvalue weighted by molar-refractivity contribution is 6.30. The van der Waals surface area contributed by atoms with Gasteiger partial charge in [-0.25, -0.2) is 4.79 Å². The molecule has 1 saturated carbocycles. The molecular weight excluding hydrogens is 354 g/mol. The molecule has 0 aromatic heterocycles. The van der Waals surface area contributed by atoms with Gasteiger partial charge < -0.3 is 10.2 Å². The lowest BCUT2D eigenvalue weighted by atomic mass is 9.94. The maximum Gasteiger partial charge on any atom is 0.325 e. The fourth-order valence-corrected chi connectivity index (χ4v) is 4.48. The summed E-state index contributed by atoms with van der Waals surface area (Å²) in [6.45, 7) is 0.579. The molecule has 4 amide bonds. The third-order valence-electron chi connectivity index (χ3n) is 5.61. The second-order valence-corrected chi connectivity index (χ2v) is 7.71. The van der Waals surface area contributed by atoms with E-state index in [2.05, 4.69) is 5.32 Å². The van der Waals surface area contributed by atoms with Gasteiger partial charge in [0, 0.05) is 23.3 Å². The van der Waals surface area contributed by atoms with Crippen molar-refractivity contribution < 1.29 is 14.4 Å². The van der Waals surface area contributed by atoms with Crippen molar-refractivity contribution in [2.45, 2.75) is 57.0 Å². The summed E-state index contributed by atoms with van der Waals surface area (Å²) >= 11 is 6.01. The van der Waals surface area contributed by atoms with Crippen LogP contribution in [-0.2, 0) is 16.0 Å². The minimum Gasteiger partial charge on any atom is -0.325 e. The smallest absolute Gasteiger partial charge is 0.325 e. The summed E-state index contributed by atoms with van der Waals surface area (Å²) in [6.07, 6.45) is 5.70. The molecule has 1 N–H and O–H groups in total. The molecule has 3 aliphatic rings. The van der Waals surface area contributed by atoms with E-state index >= 15 is 0 Å². The summed E-state index contributed by atoms with van der Waals surface area (Å²) in [4.78, 5) is 40.8. The molecule has 2 aliphatic heterocycles. The van der Waals surface area contributed by atoms with Gasteiger partial charge in [0.05, 0.1) is 6.42 Å². The van der Waals surface area contributed by atoms with Crippen LogP contribution in [0.3, 0.4) is 0 Å². The van der Waals surface area contributed by atoms with Crippen LogP contribution in [0.5, 0.6) is 0 Å². The summed E-state index contributed by atoms with van der Waals surface area (Å²) in [6, 6.07) is 4.34. The molecule has 0 bridgehead atoms. The number of hydrogen-bond donors (Lipinski definition) is 1. The molecule has 0 spiro atoms. The van der Waals surface area contributed by atoms with Crippen molar-refractivity contribution in [2.24, 2.45) is 0 Å². The van der Waals surface area contributed by atoms with E-state index < -0.39 is 6.04 Å². The van der Waals surface area contributed by atoms with Crippen LogP contribution in [0, 0.1) is 0 Å². The highest BCUT2D eigenvalue weighted by atomic mass is 35.5. The minimum absolute atomic E-state index is 0.00411. The van der Waals surface area contributed by atoms with E-state index in [4.69, 9.17) is 11.6 Å². The second kappa shape index (κ2) is 6.91. The Bertz CT molecular complexity index is 760. The van der Waals surface area contributed by atoms with Crippen LogP contribution in [0.15, 0.2) is 18.2 Å². The number of nitrogens with zero attached hydrogens (tertiary/aromatic N) is 2. The van der Waals surface area contributed by atoms with Crippen LogP contribution < -0.4 is 10.2 Å². The van der Waals surface area contributed by atoms with Crippen molar-refractivity contribution in [3.63, 3.8) is 0 Å². The third-order valence-corrected chi connectivity index (χ3v) is 5.84. The average molecular weight is 376 g/mol. The monoisotopic (exact) mass is 375 g/mol. The van der Waals surface area contributed by atoms with Gasteiger partial charge in [-0.2, -0.15) is 0 Å². The lowest BCUT2D eigenvalue weighted by Gasteiger charge is -2.28. The molecule has 0 radical (unpaired) electrons. The molecule has 1 aliphatic carbocycles. The lowest BCUT2D eigenvalue weighted by molar-refractivity contribution is -0.131. The first-order valence-corrected chi connectivity index (χ1v) is 9.65. The Kier molecular flexibility index (Phi) is 4.61. The molecule has 1 saturated heterocycles. The number of urea groups is 1. The van der Waals surface area contributed by atoms with E-state index in [1.54, 1.807) is 11.0 Å². The number of carbonyl (C=O) groups is 3. The van der Waals surface area contributed by atoms with Crippen LogP contribution in [0.4, 0.5) is 10.5 Å². The minimum atomic E-state index is -0.756. The average Bonchev–Trinajstić information content (AvgIpc) is 3.16. The molecule has 1 atom stereocenters. The number of nitrogens with one attached hydrogen (secondary N) is 1. The predicted octanol–water partition coefficient (Wildman–Crippen LogP) is 2.87. The summed E-state index contributed by atoms with van der Waals surface area (Å²) in [7, 11) is 0. The van der Waals surface area contributed by atoms with E-state index in [-0.39, 0.29) is 30.3 Å². The van der Waals surface area contributed by atoms with Crippen molar-refractivity contribution in [1.29, 1.82) is 0 Å². The normalized spacial score (nSPS) is 23.3. The van der Waals surface area contributed by atoms with Gasteiger partial charge in [-0.3, -0.25) is 14.5 Å². The zero-order chi connectivity index (χ0) is 18.3. The standard InChI is InChI=1S/C19H22ClN3O3/c20-13-6-7-16-12(10-13)8-9-22(16)17(24)11-15-18(25)23(19(26)21-15)14-4-2-1-3-5-14/h6-7,10,14-15H,1-5,8-9,11H2,(H,21,26)/t15-/m0/s1. The Morgan fingerprint density at radius 2 is 1.96 bits per heavy atom. The zero-order valence-electron chi connectivity index (χ0n) is 14.5. The zero-order valence-corrected chi connectivity index (χ0v) is 15.3. The van der Waals surface area contributed by atoms with Crippen molar-refractivity contribution in [3.8, 4) is 0 Å². The number of halogens is 1. The molecular formula is C19H22ClN3O3. The van der Waals surface area contributed by atoms with Crippen molar-refractivity contribution in [2.75, 3.05) is 11.4 Å². The third kappa shape index (κ3) is 3.07. The maximum absolute atomic E-state index is 12.8. The Labute approximate surface area is 157 Å². The van der Waals surface area contributed by atoms with Gasteiger partial charge in [-0.05, 0) is 43.0 Å². The van der Waals surface area contributed by atoms with E-state index in [1.165, 1.54) is 4.90 Å². The van der Waals surface area contributed by atoms with Gasteiger partial charge in [0.2, 0.25) is 5.91 Å². The molecule has 2 fully saturated rings. The van der Waals surface area contributed by atoms with E-state index in [0.717, 1.165) is 49.8 Å². The number of anilines is 1. The number of imide groups is 1. The Morgan fingerprint density at radius 1 is 1.19 bits per heavy atom. The molecule has 0 unspecified atom stereocenters. The molecule has 138 valence electrons. The topological polar surface area (TPSA) is 69.7 Å². The van der Waals surface area contributed by atoms with Crippen LogP contribution in [-0.4, -0.2) is 41.4 Å². The first kappa shape index (κ1) is 17.3. The number of carbonyl (C=O) groups excluding carboxylic acids is 3. The summed E-state index contributed by atoms with van der Waals surface area (Å²) in [5.41, 5.74) is 1.89. The predicted molar refractivity (Wildman–Crippen MR) is 98.2 cm³/mol. The van der Waals surface area contributed by atoms with Crippen molar-refractivity contribution in [1.82, 2.24) is 10.2 Å². The lowest BCUT2D eigenvalue weighted by Crippen LogP contribution is -2.42. The van der Waals surface area contributed by atoms with Crippen LogP contribution in [0.25, 0.3) is 0 Å². The number of fused-ring (bicyclic) bond motifs is 1. The van der Waals surface area contributed by atoms with Crippen molar-refractivity contribution >= 4 is 35.1 Å². The van der Waals surface area contributed by atoms with Crippen LogP contribution in [0.1, 0.15) is 44.1 Å². The van der Waals surface area contributed by atoms with Gasteiger partial charge in [-0.1, -0.05) is 30.9 Å². The molecule has 26 heavy (non-hydrogen) atoms. The molecule has 4 rings (SSSR count). The van der Waals surface area contributed by atoms with Crippen LogP contribution in [0.2, 0.25) is 5.02 Å². The number of hydrogen-bond acceptors (Lipinski definition) is 3. The van der Waals surface area contributed by atoms with E-state index in [9.17, 15) is 14.4 Å². The molecule has 6 nitrogen and oxygen atoms in total. The second-order valence-electron chi connectivity index (χ2n) is 7.27. The summed E-state index contributed by atoms with van der Waals surface area (Å²) in [5, 5.41) is 3.36. The van der Waals surface area contributed by atoms with Crippen LogP contribution >= 0.6 is 11.6 Å². The first-order chi connectivity index (χ1) is 12.5. The largest absolute Gasteiger partial charge is 0.325 e. The Hall–Kier alpha value is -2.08. The van der Waals surface area contributed by atoms with Gasteiger partial charge in [0.1, 0.15) is 6.04 Å². The van der Waals surface area contributed by atoms with E-state index in [1.807, 2.05) is 12.1 Å². The molecule has 2 heterocycles. The molecule has 7 heteroatoms. The Balaban J connectivity index is 1.44. The SMILES string of the molecule is O=C(C[C@@H]1NC(=O)N(C2CCCCC2)C1=O)N1CCc2cc(Cl)ccc21. The molecule has 1 aromatic carbocycles. The highest BCUT2D eigenvalue weighted by Crippen LogP contribution is 2.31. The maximum atomic E-state index is 12.8. The highest BCUT2D eigenvalue weighted by Gasteiger charge is 2.43. The summed E-state index contributed by atoms with van der Waals surface area (Å²) < 4.78 is 0. The van der Waals surface area contributed by atoms with Gasteiger partial charge >= 0.3 is 6.03 Å². The quantitative estimate of drug-likeness (QED) is 0.826. The molecule has 1 aromatic rings. The number of amides is 4. The van der Waals surface area contributed by atoms with Gasteiger partial charge in [0.25, 0.3) is 5.91 Å². The fraction of sp³-hybridized carbons (Fsp3) is 0.526. The first-order valence-electron chi connectivity index (χ1n) is 9.27. The van der Waals surface area contributed by atoms with E-state index in [0.29, 0.717) is 11.6 Å². The Morgan fingerprint density at radius 3 is 2.73 bits per heavy atom. The summed E-state index contributed by atoms with van der Waals surface area (Å²) in [5.74, 6) is -0.402. The number of benzene rings is 1. The van der Waals surface area contributed by atoms with Gasteiger partial charge in [-0.15, -0.1) is 0 Å². The fourth-order valence-electron chi connectivity index (χ4n) is 4.29.